The van der Waals surface area contributed by atoms with Gasteiger partial charge in [-0.1, -0.05) is 12.1 Å². The zero-order valence-electron chi connectivity index (χ0n) is 17.2. The molecule has 154 valence electrons. The second-order valence-corrected chi connectivity index (χ2v) is 7.85. The lowest BCUT2D eigenvalue weighted by molar-refractivity contribution is -0.122. The van der Waals surface area contributed by atoms with E-state index in [0.717, 1.165) is 17.1 Å². The van der Waals surface area contributed by atoms with Crippen molar-refractivity contribution in [3.05, 3.63) is 78.6 Å². The van der Waals surface area contributed by atoms with E-state index in [2.05, 4.69) is 5.32 Å². The van der Waals surface area contributed by atoms with Gasteiger partial charge in [0, 0.05) is 24.6 Å². The maximum Gasteiger partial charge on any atom is 0.338 e. The number of anilines is 2. The zero-order chi connectivity index (χ0) is 21.1. The summed E-state index contributed by atoms with van der Waals surface area (Å²) in [5.74, 6) is -0.352. The molecule has 0 spiro atoms. The van der Waals surface area contributed by atoms with Crippen molar-refractivity contribution in [1.82, 2.24) is 4.57 Å². The third-order valence-corrected chi connectivity index (χ3v) is 5.19. The van der Waals surface area contributed by atoms with Crippen LogP contribution in [-0.2, 0) is 9.53 Å². The number of carbonyl (C=O) groups is 2. The Morgan fingerprint density at radius 3 is 2.43 bits per heavy atom. The number of nitrogens with zero attached hydrogens (tertiary/aromatic N) is 2. The van der Waals surface area contributed by atoms with Gasteiger partial charge in [0.25, 0.3) is 5.91 Å². The smallest absolute Gasteiger partial charge is 0.338 e. The number of fused-ring (bicyclic) bond motifs is 1. The minimum atomic E-state index is -0.674. The number of nitrogens with one attached hydrogen (secondary N) is 1. The Balaban J connectivity index is 1.33. The highest BCUT2D eigenvalue weighted by molar-refractivity contribution is 6.07. The molecule has 1 amide bonds. The molecule has 6 nitrogen and oxygen atoms in total. The van der Waals surface area contributed by atoms with Gasteiger partial charge in [-0.15, -0.1) is 0 Å². The fourth-order valence-corrected chi connectivity index (χ4v) is 3.62. The van der Waals surface area contributed by atoms with Gasteiger partial charge in [-0.2, -0.15) is 0 Å². The summed E-state index contributed by atoms with van der Waals surface area (Å²) in [6, 6.07) is 18.9. The van der Waals surface area contributed by atoms with Crippen LogP contribution in [0.1, 0.15) is 30.6 Å². The van der Waals surface area contributed by atoms with E-state index in [0.29, 0.717) is 18.5 Å². The summed E-state index contributed by atoms with van der Waals surface area (Å²) in [6.07, 6.45) is 4.46. The predicted octanol–water partition coefficient (Wildman–Crippen LogP) is 4.26. The first-order chi connectivity index (χ1) is 14.5. The van der Waals surface area contributed by atoms with E-state index >= 15 is 0 Å². The number of hydrogen-bond donors (Lipinski definition) is 1. The van der Waals surface area contributed by atoms with Crippen molar-refractivity contribution in [3.63, 3.8) is 0 Å². The molecular weight excluding hydrogens is 378 g/mol. The van der Waals surface area contributed by atoms with Gasteiger partial charge in [-0.25, -0.2) is 4.79 Å². The van der Waals surface area contributed by atoms with Crippen molar-refractivity contribution >= 4 is 23.3 Å². The van der Waals surface area contributed by atoms with E-state index in [-0.39, 0.29) is 18.5 Å². The molecule has 0 aliphatic carbocycles. The van der Waals surface area contributed by atoms with E-state index in [9.17, 15) is 9.59 Å². The van der Waals surface area contributed by atoms with E-state index in [1.54, 1.807) is 17.0 Å². The standard InChI is InChI=1S/C24H25N3O3/c1-24(2)23(29)27(21-9-4-3-8-20(21)25-24)16-7-17-30-22(28)18-10-12-19(13-11-18)26-14-5-6-15-26/h3-6,8-15,25H,7,16-17H2,1-2H3. The molecule has 30 heavy (non-hydrogen) atoms. The molecule has 0 saturated heterocycles. The molecule has 6 heteroatoms. The summed E-state index contributed by atoms with van der Waals surface area (Å²) in [4.78, 5) is 27.0. The van der Waals surface area contributed by atoms with Gasteiger partial charge in [-0.3, -0.25) is 4.79 Å². The summed E-state index contributed by atoms with van der Waals surface area (Å²) in [6.45, 7) is 4.48. The van der Waals surface area contributed by atoms with E-state index < -0.39 is 5.54 Å². The second kappa shape index (κ2) is 8.06. The number of carbonyl (C=O) groups excluding carboxylic acids is 2. The lowest BCUT2D eigenvalue weighted by Crippen LogP contribution is -2.54. The van der Waals surface area contributed by atoms with Crippen LogP contribution in [0.2, 0.25) is 0 Å². The van der Waals surface area contributed by atoms with Gasteiger partial charge in [-0.05, 0) is 68.8 Å². The number of esters is 1. The SMILES string of the molecule is CC1(C)Nc2ccccc2N(CCCOC(=O)c2ccc(-n3cccc3)cc2)C1=O. The molecule has 1 aromatic heterocycles. The van der Waals surface area contributed by atoms with Crippen LogP contribution in [0.15, 0.2) is 73.1 Å². The molecule has 1 N–H and O–H groups in total. The molecule has 3 aromatic rings. The first kappa shape index (κ1) is 19.8. The molecular formula is C24H25N3O3. The Labute approximate surface area is 176 Å². The fourth-order valence-electron chi connectivity index (χ4n) is 3.62. The maximum absolute atomic E-state index is 12.8. The highest BCUT2D eigenvalue weighted by atomic mass is 16.5. The Kier molecular flexibility index (Phi) is 5.31. The van der Waals surface area contributed by atoms with Gasteiger partial charge >= 0.3 is 5.97 Å². The molecule has 0 unspecified atom stereocenters. The van der Waals surface area contributed by atoms with Crippen LogP contribution in [0.4, 0.5) is 11.4 Å². The summed E-state index contributed by atoms with van der Waals surface area (Å²) in [5.41, 5.74) is 2.60. The average molecular weight is 403 g/mol. The largest absolute Gasteiger partial charge is 0.462 e. The van der Waals surface area contributed by atoms with Crippen molar-refractivity contribution in [2.75, 3.05) is 23.4 Å². The Morgan fingerprint density at radius 2 is 1.70 bits per heavy atom. The van der Waals surface area contributed by atoms with Gasteiger partial charge in [0.2, 0.25) is 0 Å². The predicted molar refractivity (Wildman–Crippen MR) is 117 cm³/mol. The van der Waals surface area contributed by atoms with Crippen molar-refractivity contribution < 1.29 is 14.3 Å². The first-order valence-electron chi connectivity index (χ1n) is 10.1. The quantitative estimate of drug-likeness (QED) is 0.493. The number of benzene rings is 2. The van der Waals surface area contributed by atoms with Crippen LogP contribution in [0.25, 0.3) is 5.69 Å². The van der Waals surface area contributed by atoms with Crippen LogP contribution in [0, 0.1) is 0 Å². The highest BCUT2D eigenvalue weighted by Crippen LogP contribution is 2.34. The van der Waals surface area contributed by atoms with E-state index in [4.69, 9.17) is 4.74 Å². The molecule has 2 heterocycles. The van der Waals surface area contributed by atoms with E-state index in [1.807, 2.05) is 79.3 Å². The number of aromatic nitrogens is 1. The molecule has 0 atom stereocenters. The second-order valence-electron chi connectivity index (χ2n) is 7.85. The zero-order valence-corrected chi connectivity index (χ0v) is 17.2. The minimum Gasteiger partial charge on any atom is -0.462 e. The lowest BCUT2D eigenvalue weighted by Gasteiger charge is -2.40. The van der Waals surface area contributed by atoms with Gasteiger partial charge in [0.15, 0.2) is 0 Å². The average Bonchev–Trinajstić information content (AvgIpc) is 3.28. The van der Waals surface area contributed by atoms with Crippen LogP contribution in [0.3, 0.4) is 0 Å². The van der Waals surface area contributed by atoms with Crippen LogP contribution >= 0.6 is 0 Å². The first-order valence-corrected chi connectivity index (χ1v) is 10.1. The van der Waals surface area contributed by atoms with Gasteiger partial charge in [0.1, 0.15) is 5.54 Å². The fraction of sp³-hybridized carbons (Fsp3) is 0.250. The minimum absolute atomic E-state index is 0.00753. The molecule has 1 aliphatic rings. The van der Waals surface area contributed by atoms with Gasteiger partial charge < -0.3 is 19.5 Å². The summed E-state index contributed by atoms with van der Waals surface area (Å²) >= 11 is 0. The Bertz CT molecular complexity index is 1040. The number of para-hydroxylation sites is 2. The van der Waals surface area contributed by atoms with Crippen LogP contribution in [0.5, 0.6) is 0 Å². The van der Waals surface area contributed by atoms with Crippen molar-refractivity contribution in [1.29, 1.82) is 0 Å². The van der Waals surface area contributed by atoms with Crippen molar-refractivity contribution in [2.24, 2.45) is 0 Å². The number of rotatable bonds is 6. The van der Waals surface area contributed by atoms with Gasteiger partial charge in [0.05, 0.1) is 23.5 Å². The molecule has 0 saturated carbocycles. The molecule has 1 aliphatic heterocycles. The van der Waals surface area contributed by atoms with E-state index in [1.165, 1.54) is 0 Å². The number of hydrogen-bond acceptors (Lipinski definition) is 4. The maximum atomic E-state index is 12.8. The Morgan fingerprint density at radius 1 is 1.00 bits per heavy atom. The summed E-state index contributed by atoms with van der Waals surface area (Å²) < 4.78 is 7.40. The third kappa shape index (κ3) is 3.94. The summed E-state index contributed by atoms with van der Waals surface area (Å²) in [7, 11) is 0. The molecule has 0 radical (unpaired) electrons. The highest BCUT2D eigenvalue weighted by Gasteiger charge is 2.38. The van der Waals surface area contributed by atoms with Crippen LogP contribution in [-0.4, -0.2) is 35.1 Å². The lowest BCUT2D eigenvalue weighted by atomic mass is 9.98. The molecule has 0 fully saturated rings. The topological polar surface area (TPSA) is 63.6 Å². The number of ether oxygens (including phenoxy) is 1. The molecule has 2 aromatic carbocycles. The summed E-state index contributed by atoms with van der Waals surface area (Å²) in [5, 5.41) is 3.28. The van der Waals surface area contributed by atoms with Crippen molar-refractivity contribution in [3.8, 4) is 5.69 Å². The normalized spacial score (nSPS) is 14.7. The third-order valence-electron chi connectivity index (χ3n) is 5.19. The van der Waals surface area contributed by atoms with Crippen LogP contribution < -0.4 is 10.2 Å². The Hall–Kier alpha value is -3.54. The molecule has 0 bridgehead atoms. The molecule has 4 rings (SSSR count). The number of amides is 1. The van der Waals surface area contributed by atoms with Crippen molar-refractivity contribution in [2.45, 2.75) is 25.8 Å². The monoisotopic (exact) mass is 403 g/mol.